The van der Waals surface area contributed by atoms with E-state index in [1.54, 1.807) is 6.92 Å². The van der Waals surface area contributed by atoms with Crippen LogP contribution in [0.5, 0.6) is 0 Å². The molecule has 2 aromatic rings. The number of aliphatic imine (C=N–C) groups is 1. The monoisotopic (exact) mass is 374 g/mol. The number of ketones is 1. The fraction of sp³-hybridized carbons (Fsp3) is 0.360. The Morgan fingerprint density at radius 1 is 1.00 bits per heavy atom. The van der Waals surface area contributed by atoms with Crippen molar-refractivity contribution in [3.8, 4) is 0 Å². The summed E-state index contributed by atoms with van der Waals surface area (Å²) >= 11 is 0. The average Bonchev–Trinajstić information content (AvgIpc) is 3.04. The summed E-state index contributed by atoms with van der Waals surface area (Å²) < 4.78 is 0. The highest BCUT2D eigenvalue weighted by atomic mass is 16.1. The van der Waals surface area contributed by atoms with E-state index in [0.29, 0.717) is 6.54 Å². The number of hydrogen-bond acceptors (Lipinski definition) is 3. The predicted octanol–water partition coefficient (Wildman–Crippen LogP) is 5.20. The van der Waals surface area contributed by atoms with Crippen molar-refractivity contribution in [2.24, 2.45) is 4.99 Å². The van der Waals surface area contributed by atoms with E-state index >= 15 is 0 Å². The number of carbonyl (C=O) groups is 1. The molecule has 0 N–H and O–H groups in total. The van der Waals surface area contributed by atoms with Crippen LogP contribution in [0.3, 0.4) is 0 Å². The summed E-state index contributed by atoms with van der Waals surface area (Å²) in [6.07, 6.45) is 4.19. The highest BCUT2D eigenvalue weighted by molar-refractivity contribution is 6.04. The van der Waals surface area contributed by atoms with E-state index in [9.17, 15) is 4.79 Å². The first-order valence-corrected chi connectivity index (χ1v) is 10.1. The predicted molar refractivity (Wildman–Crippen MR) is 117 cm³/mol. The number of hydrogen-bond donors (Lipinski definition) is 0. The highest BCUT2D eigenvalue weighted by Gasteiger charge is 2.15. The van der Waals surface area contributed by atoms with Gasteiger partial charge in [-0.05, 0) is 62.4 Å². The zero-order valence-corrected chi connectivity index (χ0v) is 17.2. The molecule has 2 aromatic carbocycles. The van der Waals surface area contributed by atoms with Crippen molar-refractivity contribution in [2.45, 2.75) is 46.1 Å². The van der Waals surface area contributed by atoms with Crippen LogP contribution in [-0.2, 0) is 17.8 Å². The van der Waals surface area contributed by atoms with Crippen LogP contribution in [0, 0.1) is 0 Å². The SMILES string of the molecule is CC(=O)CN(C)Cc1ccc(CCCC2=C(C)CC(c3ccccc3)=N2)cc1. The number of aryl methyl sites for hydroxylation is 1. The van der Waals surface area contributed by atoms with E-state index < -0.39 is 0 Å². The third-order valence-corrected chi connectivity index (χ3v) is 5.15. The quantitative estimate of drug-likeness (QED) is 0.604. The molecule has 0 aliphatic carbocycles. The van der Waals surface area contributed by atoms with Gasteiger partial charge in [-0.15, -0.1) is 0 Å². The maximum absolute atomic E-state index is 11.2. The van der Waals surface area contributed by atoms with E-state index in [1.807, 2.05) is 13.1 Å². The van der Waals surface area contributed by atoms with Gasteiger partial charge in [0.25, 0.3) is 0 Å². The lowest BCUT2D eigenvalue weighted by molar-refractivity contribution is -0.117. The lowest BCUT2D eigenvalue weighted by atomic mass is 10.0. The van der Waals surface area contributed by atoms with Gasteiger partial charge in [0.2, 0.25) is 0 Å². The fourth-order valence-corrected chi connectivity index (χ4v) is 3.74. The molecule has 0 radical (unpaired) electrons. The molecule has 28 heavy (non-hydrogen) atoms. The van der Waals surface area contributed by atoms with E-state index in [1.165, 1.54) is 33.7 Å². The van der Waals surface area contributed by atoms with Crippen molar-refractivity contribution in [2.75, 3.05) is 13.6 Å². The van der Waals surface area contributed by atoms with Crippen LogP contribution in [0.2, 0.25) is 0 Å². The van der Waals surface area contributed by atoms with E-state index in [2.05, 4.69) is 60.4 Å². The average molecular weight is 375 g/mol. The first-order chi connectivity index (χ1) is 13.5. The summed E-state index contributed by atoms with van der Waals surface area (Å²) in [5.41, 5.74) is 7.72. The van der Waals surface area contributed by atoms with Crippen molar-refractivity contribution < 1.29 is 4.79 Å². The summed E-state index contributed by atoms with van der Waals surface area (Å²) in [5, 5.41) is 0. The van der Waals surface area contributed by atoms with Gasteiger partial charge in [-0.2, -0.15) is 0 Å². The van der Waals surface area contributed by atoms with Crippen molar-refractivity contribution in [1.29, 1.82) is 0 Å². The van der Waals surface area contributed by atoms with Crippen LogP contribution in [0.1, 0.15) is 49.8 Å². The van der Waals surface area contributed by atoms with E-state index in [0.717, 1.165) is 32.2 Å². The lowest BCUT2D eigenvalue weighted by Gasteiger charge is -2.15. The van der Waals surface area contributed by atoms with E-state index in [4.69, 9.17) is 4.99 Å². The summed E-state index contributed by atoms with van der Waals surface area (Å²) in [7, 11) is 1.98. The molecule has 1 heterocycles. The zero-order valence-electron chi connectivity index (χ0n) is 17.2. The molecule has 1 aliphatic rings. The van der Waals surface area contributed by atoms with Gasteiger partial charge in [-0.3, -0.25) is 14.7 Å². The minimum atomic E-state index is 0.203. The molecule has 0 spiro atoms. The minimum Gasteiger partial charge on any atom is -0.299 e. The van der Waals surface area contributed by atoms with Crippen molar-refractivity contribution in [3.05, 3.63) is 82.6 Å². The maximum atomic E-state index is 11.2. The van der Waals surface area contributed by atoms with Gasteiger partial charge in [0, 0.05) is 18.7 Å². The number of nitrogens with zero attached hydrogens (tertiary/aromatic N) is 2. The second-order valence-electron chi connectivity index (χ2n) is 7.87. The van der Waals surface area contributed by atoms with Crippen LogP contribution in [-0.4, -0.2) is 30.0 Å². The van der Waals surface area contributed by atoms with Gasteiger partial charge >= 0.3 is 0 Å². The third-order valence-electron chi connectivity index (χ3n) is 5.15. The Labute approximate surface area is 168 Å². The normalized spacial score (nSPS) is 13.9. The topological polar surface area (TPSA) is 32.7 Å². The Kier molecular flexibility index (Phi) is 6.94. The molecule has 0 amide bonds. The number of allylic oxidation sites excluding steroid dienone is 2. The van der Waals surface area contributed by atoms with E-state index in [-0.39, 0.29) is 5.78 Å². The molecule has 0 aromatic heterocycles. The molecular weight excluding hydrogens is 344 g/mol. The fourth-order valence-electron chi connectivity index (χ4n) is 3.74. The van der Waals surface area contributed by atoms with Crippen LogP contribution in [0.4, 0.5) is 0 Å². The molecule has 0 atom stereocenters. The van der Waals surface area contributed by atoms with Gasteiger partial charge in [0.05, 0.1) is 12.3 Å². The number of rotatable bonds is 9. The summed E-state index contributed by atoms with van der Waals surface area (Å²) in [4.78, 5) is 18.1. The second kappa shape index (κ2) is 9.61. The highest BCUT2D eigenvalue weighted by Crippen LogP contribution is 2.26. The van der Waals surface area contributed by atoms with Crippen molar-refractivity contribution >= 4 is 11.5 Å². The largest absolute Gasteiger partial charge is 0.299 e. The number of likely N-dealkylation sites (N-methyl/N-ethyl adjacent to an activating group) is 1. The van der Waals surface area contributed by atoms with Crippen LogP contribution >= 0.6 is 0 Å². The zero-order chi connectivity index (χ0) is 19.9. The van der Waals surface area contributed by atoms with Gasteiger partial charge in [0.15, 0.2) is 0 Å². The molecule has 3 rings (SSSR count). The molecule has 0 fully saturated rings. The number of carbonyl (C=O) groups excluding carboxylic acids is 1. The molecule has 0 bridgehead atoms. The Hall–Kier alpha value is -2.52. The lowest BCUT2D eigenvalue weighted by Crippen LogP contribution is -2.23. The molecule has 0 saturated carbocycles. The summed E-state index contributed by atoms with van der Waals surface area (Å²) in [6.45, 7) is 5.15. The van der Waals surface area contributed by atoms with Crippen LogP contribution in [0.15, 0.2) is 70.9 Å². The number of benzene rings is 2. The van der Waals surface area contributed by atoms with Crippen molar-refractivity contribution in [3.63, 3.8) is 0 Å². The maximum Gasteiger partial charge on any atom is 0.143 e. The second-order valence-corrected chi connectivity index (χ2v) is 7.87. The minimum absolute atomic E-state index is 0.203. The van der Waals surface area contributed by atoms with Crippen molar-refractivity contribution in [1.82, 2.24) is 4.90 Å². The summed E-state index contributed by atoms with van der Waals surface area (Å²) in [6, 6.07) is 19.3. The first-order valence-electron chi connectivity index (χ1n) is 10.1. The Balaban J connectivity index is 1.49. The Morgan fingerprint density at radius 3 is 2.36 bits per heavy atom. The Morgan fingerprint density at radius 2 is 1.68 bits per heavy atom. The summed E-state index contributed by atoms with van der Waals surface area (Å²) in [5.74, 6) is 0.203. The first kappa shape index (κ1) is 20.2. The Bertz CT molecular complexity index is 863. The smallest absolute Gasteiger partial charge is 0.143 e. The van der Waals surface area contributed by atoms with Crippen LogP contribution < -0.4 is 0 Å². The van der Waals surface area contributed by atoms with Gasteiger partial charge in [0.1, 0.15) is 5.78 Å². The number of Topliss-reactive ketones (excluding diaryl/α,β-unsaturated/α-hetero) is 1. The molecular formula is C25H30N2O. The van der Waals surface area contributed by atoms with Gasteiger partial charge < -0.3 is 0 Å². The molecule has 1 aliphatic heterocycles. The van der Waals surface area contributed by atoms with Gasteiger partial charge in [-0.1, -0.05) is 54.6 Å². The standard InChI is InChI=1S/C25H30N2O/c1-19-16-25(23-9-5-4-6-10-23)26-24(19)11-7-8-21-12-14-22(15-13-21)18-27(3)17-20(2)28/h4-6,9-10,12-15H,7-8,11,16-18H2,1-3H3. The molecule has 3 heteroatoms. The molecule has 3 nitrogen and oxygen atoms in total. The molecule has 0 saturated heterocycles. The molecule has 0 unspecified atom stereocenters. The van der Waals surface area contributed by atoms with Crippen LogP contribution in [0.25, 0.3) is 0 Å². The van der Waals surface area contributed by atoms with Gasteiger partial charge in [-0.25, -0.2) is 0 Å². The molecule has 146 valence electrons. The third kappa shape index (κ3) is 5.74.